The van der Waals surface area contributed by atoms with E-state index in [-0.39, 0.29) is 17.4 Å². The van der Waals surface area contributed by atoms with Crippen LogP contribution in [0, 0.1) is 5.82 Å². The number of carbonyl (C=O) groups excluding carboxylic acids is 2. The number of thioether (sulfide) groups is 1. The van der Waals surface area contributed by atoms with Gasteiger partial charge in [0, 0.05) is 16.9 Å². The summed E-state index contributed by atoms with van der Waals surface area (Å²) in [5.74, 6) is -0.218. The minimum Gasteiger partial charge on any atom is -0.480 e. The van der Waals surface area contributed by atoms with Crippen LogP contribution in [0.4, 0.5) is 10.1 Å². The topological polar surface area (TPSA) is 86.1 Å². The maximum Gasteiger partial charge on any atom is 0.237 e. The Kier molecular flexibility index (Phi) is 7.80. The number of hydrogen-bond acceptors (Lipinski definition) is 6. The highest BCUT2D eigenvalue weighted by Crippen LogP contribution is 2.31. The summed E-state index contributed by atoms with van der Waals surface area (Å²) in [4.78, 5) is 24.6. The fraction of sp³-hybridized carbons (Fsp3) is 0.185. The molecule has 0 spiro atoms. The molecule has 4 aromatic rings. The Morgan fingerprint density at radius 1 is 0.972 bits per heavy atom. The molecule has 0 fully saturated rings. The van der Waals surface area contributed by atoms with Crippen LogP contribution in [-0.4, -0.2) is 31.7 Å². The molecule has 0 aliphatic heterocycles. The van der Waals surface area contributed by atoms with Crippen molar-refractivity contribution in [2.24, 2.45) is 0 Å². The van der Waals surface area contributed by atoms with E-state index in [1.165, 1.54) is 24.8 Å². The molecule has 36 heavy (non-hydrogen) atoms. The van der Waals surface area contributed by atoms with Crippen LogP contribution in [0.1, 0.15) is 43.1 Å². The lowest BCUT2D eigenvalue weighted by atomic mass is 10.1. The molecule has 7 nitrogen and oxygen atoms in total. The average molecular weight is 505 g/mol. The molecule has 0 aliphatic rings. The number of nitrogens with one attached hydrogen (secondary N) is 1. The summed E-state index contributed by atoms with van der Waals surface area (Å²) in [7, 11) is 0. The second-order valence-corrected chi connectivity index (χ2v) is 9.40. The number of ether oxygens (including phenoxy) is 1. The summed E-state index contributed by atoms with van der Waals surface area (Å²) in [6, 6.07) is 22.4. The number of rotatable bonds is 9. The van der Waals surface area contributed by atoms with Gasteiger partial charge in [-0.05, 0) is 57.2 Å². The van der Waals surface area contributed by atoms with Crippen molar-refractivity contribution in [2.45, 2.75) is 37.3 Å². The number of para-hydroxylation sites is 2. The molecule has 3 aromatic carbocycles. The molecule has 1 heterocycles. The predicted molar refractivity (Wildman–Crippen MR) is 137 cm³/mol. The van der Waals surface area contributed by atoms with Gasteiger partial charge >= 0.3 is 0 Å². The molecule has 9 heteroatoms. The second-order valence-electron chi connectivity index (χ2n) is 8.09. The van der Waals surface area contributed by atoms with Crippen LogP contribution in [0.2, 0.25) is 0 Å². The summed E-state index contributed by atoms with van der Waals surface area (Å²) >= 11 is 1.23. The molecule has 1 aromatic heterocycles. The van der Waals surface area contributed by atoms with E-state index in [4.69, 9.17) is 4.74 Å². The minimum atomic E-state index is -0.623. The SMILES string of the molecule is CC(=O)c1cccc(NC(=O)C(C)Sc2nnc(C(C)Oc3ccccc3F)n2-c2ccccc2)c1. The van der Waals surface area contributed by atoms with Crippen molar-refractivity contribution in [3.8, 4) is 11.4 Å². The van der Waals surface area contributed by atoms with E-state index in [0.717, 1.165) is 5.69 Å². The molecule has 0 saturated carbocycles. The first-order valence-corrected chi connectivity index (χ1v) is 12.2. The zero-order chi connectivity index (χ0) is 25.7. The fourth-order valence-electron chi connectivity index (χ4n) is 3.50. The van der Waals surface area contributed by atoms with Gasteiger partial charge in [-0.1, -0.05) is 54.2 Å². The lowest BCUT2D eigenvalue weighted by molar-refractivity contribution is -0.115. The molecule has 184 valence electrons. The monoisotopic (exact) mass is 504 g/mol. The van der Waals surface area contributed by atoms with Gasteiger partial charge in [-0.15, -0.1) is 10.2 Å². The van der Waals surface area contributed by atoms with E-state index in [9.17, 15) is 14.0 Å². The molecule has 2 unspecified atom stereocenters. The Labute approximate surface area is 212 Å². The van der Waals surface area contributed by atoms with Crippen molar-refractivity contribution in [1.82, 2.24) is 14.8 Å². The number of benzene rings is 3. The third-order valence-corrected chi connectivity index (χ3v) is 6.41. The smallest absolute Gasteiger partial charge is 0.237 e. The number of nitrogens with zero attached hydrogens (tertiary/aromatic N) is 3. The van der Waals surface area contributed by atoms with Gasteiger partial charge in [0.25, 0.3) is 0 Å². The zero-order valence-electron chi connectivity index (χ0n) is 20.0. The van der Waals surface area contributed by atoms with E-state index in [1.807, 2.05) is 30.3 Å². The molecule has 1 N–H and O–H groups in total. The summed E-state index contributed by atoms with van der Waals surface area (Å²) in [6.07, 6.45) is -0.623. The maximum absolute atomic E-state index is 14.2. The van der Waals surface area contributed by atoms with E-state index in [0.29, 0.717) is 22.2 Å². The normalized spacial score (nSPS) is 12.6. The molecule has 2 atom stereocenters. The van der Waals surface area contributed by atoms with Gasteiger partial charge in [0.1, 0.15) is 0 Å². The number of Topliss-reactive ketones (excluding diaryl/α,β-unsaturated/α-hetero) is 1. The van der Waals surface area contributed by atoms with Crippen LogP contribution in [0.25, 0.3) is 5.69 Å². The summed E-state index contributed by atoms with van der Waals surface area (Å²) in [6.45, 7) is 5.00. The highest BCUT2D eigenvalue weighted by Gasteiger charge is 2.25. The van der Waals surface area contributed by atoms with E-state index >= 15 is 0 Å². The number of amides is 1. The van der Waals surface area contributed by atoms with Crippen LogP contribution < -0.4 is 10.1 Å². The highest BCUT2D eigenvalue weighted by atomic mass is 32.2. The number of carbonyl (C=O) groups is 2. The molecule has 1 amide bonds. The van der Waals surface area contributed by atoms with Crippen LogP contribution in [0.15, 0.2) is 84.0 Å². The van der Waals surface area contributed by atoms with Gasteiger partial charge < -0.3 is 10.1 Å². The number of halogens is 1. The minimum absolute atomic E-state index is 0.0799. The van der Waals surface area contributed by atoms with Gasteiger partial charge in [0.05, 0.1) is 5.25 Å². The first kappa shape index (κ1) is 25.1. The van der Waals surface area contributed by atoms with E-state index in [1.54, 1.807) is 60.9 Å². The molecular weight excluding hydrogens is 479 g/mol. The van der Waals surface area contributed by atoms with Crippen LogP contribution in [0.5, 0.6) is 5.75 Å². The summed E-state index contributed by atoms with van der Waals surface area (Å²) in [5, 5.41) is 11.4. The van der Waals surface area contributed by atoms with E-state index in [2.05, 4.69) is 15.5 Å². The molecule has 4 rings (SSSR count). The van der Waals surface area contributed by atoms with Crippen LogP contribution >= 0.6 is 11.8 Å². The van der Waals surface area contributed by atoms with Crippen molar-refractivity contribution in [3.05, 3.63) is 96.1 Å². The predicted octanol–water partition coefficient (Wildman–Crippen LogP) is 5.87. The molecule has 0 saturated heterocycles. The van der Waals surface area contributed by atoms with Gasteiger partial charge in [-0.2, -0.15) is 0 Å². The number of aromatic nitrogens is 3. The lowest BCUT2D eigenvalue weighted by Gasteiger charge is -2.18. The van der Waals surface area contributed by atoms with Gasteiger partial charge in [0.15, 0.2) is 34.4 Å². The Morgan fingerprint density at radius 3 is 2.42 bits per heavy atom. The average Bonchev–Trinajstić information content (AvgIpc) is 3.29. The second kappa shape index (κ2) is 11.2. The van der Waals surface area contributed by atoms with Crippen LogP contribution in [0.3, 0.4) is 0 Å². The first-order chi connectivity index (χ1) is 17.3. The van der Waals surface area contributed by atoms with Crippen molar-refractivity contribution in [2.75, 3.05) is 5.32 Å². The van der Waals surface area contributed by atoms with E-state index < -0.39 is 17.2 Å². The third kappa shape index (κ3) is 5.80. The quantitative estimate of drug-likeness (QED) is 0.227. The highest BCUT2D eigenvalue weighted by molar-refractivity contribution is 8.00. The largest absolute Gasteiger partial charge is 0.480 e. The number of ketones is 1. The van der Waals surface area contributed by atoms with Gasteiger partial charge in [-0.25, -0.2) is 4.39 Å². The third-order valence-electron chi connectivity index (χ3n) is 5.36. The number of anilines is 1. The Bertz CT molecular complexity index is 1380. The first-order valence-electron chi connectivity index (χ1n) is 11.3. The molecule has 0 radical (unpaired) electrons. The lowest BCUT2D eigenvalue weighted by Crippen LogP contribution is -2.23. The van der Waals surface area contributed by atoms with Crippen LogP contribution in [-0.2, 0) is 4.79 Å². The molecular formula is C27H25FN4O3S. The number of hydrogen-bond donors (Lipinski definition) is 1. The Hall–Kier alpha value is -3.98. The Morgan fingerprint density at radius 2 is 1.69 bits per heavy atom. The van der Waals surface area contributed by atoms with Gasteiger partial charge in [0.2, 0.25) is 5.91 Å². The molecule has 0 aliphatic carbocycles. The Balaban J connectivity index is 1.58. The van der Waals surface area contributed by atoms with Crippen molar-refractivity contribution < 1.29 is 18.7 Å². The summed E-state index contributed by atoms with van der Waals surface area (Å²) < 4.78 is 21.8. The zero-order valence-corrected chi connectivity index (χ0v) is 20.8. The summed E-state index contributed by atoms with van der Waals surface area (Å²) in [5.41, 5.74) is 1.84. The standard InChI is InChI=1S/C27H25FN4O3S/c1-17(33)20-10-9-11-21(16-20)29-26(34)19(3)36-27-31-30-25(32(27)22-12-5-4-6-13-22)18(2)35-24-15-8-7-14-23(24)28/h4-16,18-19H,1-3H3,(H,29,34). The maximum atomic E-state index is 14.2. The van der Waals surface area contributed by atoms with Crippen molar-refractivity contribution in [3.63, 3.8) is 0 Å². The van der Waals surface area contributed by atoms with Crippen molar-refractivity contribution in [1.29, 1.82) is 0 Å². The van der Waals surface area contributed by atoms with Gasteiger partial charge in [-0.3, -0.25) is 14.2 Å². The fourth-order valence-corrected chi connectivity index (χ4v) is 4.37. The van der Waals surface area contributed by atoms with Crippen molar-refractivity contribution >= 4 is 29.1 Å². The molecule has 0 bridgehead atoms.